The minimum Gasteiger partial charge on any atom is -0.469 e. The van der Waals surface area contributed by atoms with Crippen LogP contribution < -0.4 is 0 Å². The number of carbonyl (C=O) groups excluding carboxylic acids is 2. The smallest absolute Gasteiger partial charge is 0.410 e. The molecule has 1 fully saturated rings. The lowest BCUT2D eigenvalue weighted by Gasteiger charge is -2.32. The summed E-state index contributed by atoms with van der Waals surface area (Å²) in [6.07, 6.45) is -1.74. The van der Waals surface area contributed by atoms with Crippen molar-refractivity contribution in [2.24, 2.45) is 5.92 Å². The van der Waals surface area contributed by atoms with Crippen LogP contribution >= 0.6 is 0 Å². The molecule has 0 N–H and O–H groups in total. The van der Waals surface area contributed by atoms with Crippen LogP contribution in [0.5, 0.6) is 0 Å². The Morgan fingerprint density at radius 3 is 2.67 bits per heavy atom. The number of hydrogen-bond acceptors (Lipinski definition) is 4. The number of carbonyl (C=O) groups is 2. The average Bonchev–Trinajstić information content (AvgIpc) is 2.52. The number of esters is 1. The Labute approximate surface area is 122 Å². The van der Waals surface area contributed by atoms with E-state index in [0.717, 1.165) is 5.56 Å². The number of alkyl halides is 1. The van der Waals surface area contributed by atoms with Crippen molar-refractivity contribution in [2.75, 3.05) is 20.2 Å². The van der Waals surface area contributed by atoms with Crippen LogP contribution in [0.1, 0.15) is 12.0 Å². The lowest BCUT2D eigenvalue weighted by atomic mass is 9.95. The number of benzene rings is 1. The minimum absolute atomic E-state index is 0.145. The molecule has 0 radical (unpaired) electrons. The highest BCUT2D eigenvalue weighted by atomic mass is 19.1. The number of halogens is 1. The largest absolute Gasteiger partial charge is 0.469 e. The van der Waals surface area contributed by atoms with Crippen LogP contribution in [0.2, 0.25) is 0 Å². The van der Waals surface area contributed by atoms with Crippen molar-refractivity contribution in [3.05, 3.63) is 35.9 Å². The highest BCUT2D eigenvalue weighted by molar-refractivity contribution is 5.74. The Balaban J connectivity index is 1.83. The predicted octanol–water partition coefficient (Wildman–Crippen LogP) is 2.16. The van der Waals surface area contributed by atoms with Gasteiger partial charge in [0.25, 0.3) is 0 Å². The predicted molar refractivity (Wildman–Crippen MR) is 73.2 cm³/mol. The number of piperidine rings is 1. The topological polar surface area (TPSA) is 55.8 Å². The van der Waals surface area contributed by atoms with Crippen molar-refractivity contribution >= 4 is 12.1 Å². The molecule has 0 bridgehead atoms. The van der Waals surface area contributed by atoms with Crippen LogP contribution in [0.15, 0.2) is 30.3 Å². The summed E-state index contributed by atoms with van der Waals surface area (Å²) < 4.78 is 23.6. The van der Waals surface area contributed by atoms with Gasteiger partial charge in [0.2, 0.25) is 0 Å². The molecule has 2 unspecified atom stereocenters. The lowest BCUT2D eigenvalue weighted by Crippen LogP contribution is -2.47. The molecule has 114 valence electrons. The van der Waals surface area contributed by atoms with E-state index in [0.29, 0.717) is 0 Å². The second-order valence-corrected chi connectivity index (χ2v) is 4.92. The zero-order valence-corrected chi connectivity index (χ0v) is 11.8. The van der Waals surface area contributed by atoms with Crippen LogP contribution in [-0.2, 0) is 20.9 Å². The van der Waals surface area contributed by atoms with Gasteiger partial charge in [0.05, 0.1) is 19.6 Å². The zero-order valence-electron chi connectivity index (χ0n) is 11.8. The molecule has 1 aliphatic heterocycles. The standard InChI is InChI=1S/C15H18FNO4/c1-20-14(18)12-7-8-17(9-13(12)16)15(19)21-10-11-5-3-2-4-6-11/h2-6,12-13H,7-10H2,1H3. The Morgan fingerprint density at radius 1 is 1.33 bits per heavy atom. The maximum Gasteiger partial charge on any atom is 0.410 e. The van der Waals surface area contributed by atoms with Crippen molar-refractivity contribution in [3.63, 3.8) is 0 Å². The summed E-state index contributed by atoms with van der Waals surface area (Å²) in [5.41, 5.74) is 0.868. The highest BCUT2D eigenvalue weighted by Gasteiger charge is 2.37. The van der Waals surface area contributed by atoms with Crippen molar-refractivity contribution in [2.45, 2.75) is 19.2 Å². The van der Waals surface area contributed by atoms with Gasteiger partial charge in [-0.05, 0) is 12.0 Å². The number of ether oxygens (including phenoxy) is 2. The van der Waals surface area contributed by atoms with E-state index in [1.165, 1.54) is 12.0 Å². The van der Waals surface area contributed by atoms with Crippen LogP contribution in [0, 0.1) is 5.92 Å². The van der Waals surface area contributed by atoms with E-state index >= 15 is 0 Å². The molecule has 2 rings (SSSR count). The van der Waals surface area contributed by atoms with Gasteiger partial charge in [-0.25, -0.2) is 9.18 Å². The number of nitrogens with zero attached hydrogens (tertiary/aromatic N) is 1. The van der Waals surface area contributed by atoms with Gasteiger partial charge in [-0.2, -0.15) is 0 Å². The van der Waals surface area contributed by atoms with E-state index in [2.05, 4.69) is 4.74 Å². The molecular formula is C15H18FNO4. The van der Waals surface area contributed by atoms with E-state index in [9.17, 15) is 14.0 Å². The summed E-state index contributed by atoms with van der Waals surface area (Å²) in [4.78, 5) is 24.5. The van der Waals surface area contributed by atoms with Crippen LogP contribution in [0.3, 0.4) is 0 Å². The molecule has 2 atom stereocenters. The van der Waals surface area contributed by atoms with Crippen molar-refractivity contribution in [1.29, 1.82) is 0 Å². The number of likely N-dealkylation sites (tertiary alicyclic amines) is 1. The quantitative estimate of drug-likeness (QED) is 0.802. The summed E-state index contributed by atoms with van der Waals surface area (Å²) in [6, 6.07) is 9.26. The van der Waals surface area contributed by atoms with Gasteiger partial charge in [0, 0.05) is 6.54 Å². The van der Waals surface area contributed by atoms with Crippen LogP contribution in [0.4, 0.5) is 9.18 Å². The molecule has 1 aromatic carbocycles. The first kappa shape index (κ1) is 15.3. The molecule has 0 aromatic heterocycles. The van der Waals surface area contributed by atoms with Gasteiger partial charge in [-0.15, -0.1) is 0 Å². The second-order valence-electron chi connectivity index (χ2n) is 4.92. The maximum absolute atomic E-state index is 13.9. The molecule has 1 aliphatic rings. The molecule has 1 amide bonds. The summed E-state index contributed by atoms with van der Waals surface area (Å²) in [6.45, 7) is 0.286. The Kier molecular flexibility index (Phi) is 5.14. The molecule has 1 aromatic rings. The number of methoxy groups -OCH3 is 1. The number of rotatable bonds is 3. The summed E-state index contributed by atoms with van der Waals surface area (Å²) in [5, 5.41) is 0. The zero-order chi connectivity index (χ0) is 15.2. The van der Waals surface area contributed by atoms with Crippen molar-refractivity contribution in [1.82, 2.24) is 4.90 Å². The fourth-order valence-electron chi connectivity index (χ4n) is 2.30. The van der Waals surface area contributed by atoms with Gasteiger partial charge < -0.3 is 14.4 Å². The van der Waals surface area contributed by atoms with Gasteiger partial charge in [-0.3, -0.25) is 4.79 Å². The summed E-state index contributed by atoms with van der Waals surface area (Å²) in [7, 11) is 1.23. The van der Waals surface area contributed by atoms with Crippen LogP contribution in [-0.4, -0.2) is 43.3 Å². The van der Waals surface area contributed by atoms with Gasteiger partial charge in [0.15, 0.2) is 0 Å². The van der Waals surface area contributed by atoms with E-state index in [-0.39, 0.29) is 26.1 Å². The number of amides is 1. The third-order valence-corrected chi connectivity index (χ3v) is 3.51. The first-order chi connectivity index (χ1) is 10.1. The summed E-state index contributed by atoms with van der Waals surface area (Å²) >= 11 is 0. The molecule has 0 saturated carbocycles. The average molecular weight is 295 g/mol. The SMILES string of the molecule is COC(=O)C1CCN(C(=O)OCc2ccccc2)CC1F. The molecular weight excluding hydrogens is 277 g/mol. The van der Waals surface area contributed by atoms with E-state index in [1.54, 1.807) is 0 Å². The molecule has 0 aliphatic carbocycles. The fraction of sp³-hybridized carbons (Fsp3) is 0.467. The molecule has 21 heavy (non-hydrogen) atoms. The highest BCUT2D eigenvalue weighted by Crippen LogP contribution is 2.22. The van der Waals surface area contributed by atoms with E-state index in [4.69, 9.17) is 4.74 Å². The monoisotopic (exact) mass is 295 g/mol. The molecule has 5 nitrogen and oxygen atoms in total. The van der Waals surface area contributed by atoms with Gasteiger partial charge in [-0.1, -0.05) is 30.3 Å². The molecule has 1 heterocycles. The van der Waals surface area contributed by atoms with Gasteiger partial charge in [0.1, 0.15) is 12.8 Å². The first-order valence-corrected chi connectivity index (χ1v) is 6.79. The van der Waals surface area contributed by atoms with Gasteiger partial charge >= 0.3 is 12.1 Å². The lowest BCUT2D eigenvalue weighted by molar-refractivity contribution is -0.149. The molecule has 1 saturated heterocycles. The first-order valence-electron chi connectivity index (χ1n) is 6.79. The Morgan fingerprint density at radius 2 is 2.05 bits per heavy atom. The number of hydrogen-bond donors (Lipinski definition) is 0. The van der Waals surface area contributed by atoms with Crippen molar-refractivity contribution < 1.29 is 23.5 Å². The normalized spacial score (nSPS) is 21.7. The minimum atomic E-state index is -1.42. The Hall–Kier alpha value is -2.11. The van der Waals surface area contributed by atoms with E-state index in [1.807, 2.05) is 30.3 Å². The summed E-state index contributed by atoms with van der Waals surface area (Å²) in [5.74, 6) is -1.37. The second kappa shape index (κ2) is 7.06. The molecule has 6 heteroatoms. The fourth-order valence-corrected chi connectivity index (χ4v) is 2.30. The molecule has 0 spiro atoms. The third-order valence-electron chi connectivity index (χ3n) is 3.51. The van der Waals surface area contributed by atoms with E-state index < -0.39 is 24.2 Å². The van der Waals surface area contributed by atoms with Crippen molar-refractivity contribution in [3.8, 4) is 0 Å². The Bertz CT molecular complexity index is 494. The maximum atomic E-state index is 13.9. The van der Waals surface area contributed by atoms with Crippen LogP contribution in [0.25, 0.3) is 0 Å². The third kappa shape index (κ3) is 3.93.